The van der Waals surface area contributed by atoms with E-state index in [1.165, 1.54) is 36.8 Å². The number of aryl methyl sites for hydroxylation is 2. The van der Waals surface area contributed by atoms with Gasteiger partial charge in [-0.25, -0.2) is 0 Å². The molecule has 0 aromatic carbocycles. The number of nitrogens with zero attached hydrogens (tertiary/aromatic N) is 1. The Bertz CT molecular complexity index is 346. The third kappa shape index (κ3) is 3.11. The first-order valence-corrected chi connectivity index (χ1v) is 6.82. The highest BCUT2D eigenvalue weighted by Gasteiger charge is 2.18. The van der Waals surface area contributed by atoms with E-state index >= 15 is 0 Å². The van der Waals surface area contributed by atoms with Crippen molar-refractivity contribution in [1.82, 2.24) is 9.88 Å². The van der Waals surface area contributed by atoms with Gasteiger partial charge in [-0.3, -0.25) is 0 Å². The second-order valence-electron chi connectivity index (χ2n) is 4.99. The Morgan fingerprint density at radius 2 is 2.24 bits per heavy atom. The van der Waals surface area contributed by atoms with E-state index in [0.29, 0.717) is 12.6 Å². The van der Waals surface area contributed by atoms with Gasteiger partial charge < -0.3 is 15.0 Å². The Labute approximate surface area is 104 Å². The molecule has 1 aromatic rings. The fourth-order valence-electron chi connectivity index (χ4n) is 2.75. The van der Waals surface area contributed by atoms with Crippen LogP contribution in [0.5, 0.6) is 0 Å². The first-order chi connectivity index (χ1) is 8.35. The van der Waals surface area contributed by atoms with Crippen molar-refractivity contribution >= 4 is 0 Å². The van der Waals surface area contributed by atoms with Crippen molar-refractivity contribution in [3.63, 3.8) is 0 Å². The summed E-state index contributed by atoms with van der Waals surface area (Å²) in [5.41, 5.74) is 3.01. The maximum atomic E-state index is 8.80. The monoisotopic (exact) mass is 236 g/mol. The normalized spacial score (nSPS) is 20.0. The Morgan fingerprint density at radius 3 is 3.00 bits per heavy atom. The average Bonchev–Trinajstić information content (AvgIpc) is 2.64. The SMILES string of the molecule is CNC1CCCCc2cn(CCCCO)cc21. The van der Waals surface area contributed by atoms with Crippen molar-refractivity contribution in [2.75, 3.05) is 13.7 Å². The highest BCUT2D eigenvalue weighted by atomic mass is 16.2. The van der Waals surface area contributed by atoms with Gasteiger partial charge in [-0.2, -0.15) is 0 Å². The molecule has 1 aromatic heterocycles. The van der Waals surface area contributed by atoms with E-state index in [-0.39, 0.29) is 0 Å². The molecule has 2 rings (SSSR count). The minimum atomic E-state index is 0.306. The van der Waals surface area contributed by atoms with Crippen molar-refractivity contribution in [2.24, 2.45) is 0 Å². The van der Waals surface area contributed by atoms with Gasteiger partial charge in [-0.05, 0) is 50.3 Å². The Balaban J connectivity index is 2.07. The maximum absolute atomic E-state index is 8.80. The summed E-state index contributed by atoms with van der Waals surface area (Å²) in [6, 6.07) is 0.534. The van der Waals surface area contributed by atoms with Crippen molar-refractivity contribution in [2.45, 2.75) is 51.1 Å². The third-order valence-electron chi connectivity index (χ3n) is 3.73. The number of aliphatic hydroxyl groups excluding tert-OH is 1. The van der Waals surface area contributed by atoms with E-state index in [0.717, 1.165) is 19.4 Å². The molecule has 0 amide bonds. The summed E-state index contributed by atoms with van der Waals surface area (Å²) in [5.74, 6) is 0. The molecule has 3 heteroatoms. The van der Waals surface area contributed by atoms with Crippen LogP contribution in [0.4, 0.5) is 0 Å². The molecule has 3 nitrogen and oxygen atoms in total. The molecule has 96 valence electrons. The second kappa shape index (κ2) is 6.22. The number of aliphatic hydroxyl groups is 1. The summed E-state index contributed by atoms with van der Waals surface area (Å²) in [4.78, 5) is 0. The minimum absolute atomic E-state index is 0.306. The summed E-state index contributed by atoms with van der Waals surface area (Å²) < 4.78 is 2.30. The van der Waals surface area contributed by atoms with Crippen LogP contribution in [0, 0.1) is 0 Å². The lowest BCUT2D eigenvalue weighted by atomic mass is 10.1. The fourth-order valence-corrected chi connectivity index (χ4v) is 2.75. The molecule has 1 atom stereocenters. The van der Waals surface area contributed by atoms with E-state index in [9.17, 15) is 0 Å². The smallest absolute Gasteiger partial charge is 0.0431 e. The largest absolute Gasteiger partial charge is 0.396 e. The number of hydrogen-bond acceptors (Lipinski definition) is 2. The Hall–Kier alpha value is -0.800. The summed E-state index contributed by atoms with van der Waals surface area (Å²) in [5, 5.41) is 12.2. The fraction of sp³-hybridized carbons (Fsp3) is 0.714. The predicted octanol–water partition coefficient (Wildman–Crippen LogP) is 2.25. The molecule has 0 aliphatic heterocycles. The predicted molar refractivity (Wildman–Crippen MR) is 70.1 cm³/mol. The van der Waals surface area contributed by atoms with Crippen LogP contribution in [0.2, 0.25) is 0 Å². The minimum Gasteiger partial charge on any atom is -0.396 e. The molecule has 0 saturated heterocycles. The highest BCUT2D eigenvalue weighted by molar-refractivity contribution is 5.29. The molecule has 0 radical (unpaired) electrons. The van der Waals surface area contributed by atoms with Crippen LogP contribution >= 0.6 is 0 Å². The molecule has 2 N–H and O–H groups in total. The molecule has 17 heavy (non-hydrogen) atoms. The average molecular weight is 236 g/mol. The molecular formula is C14H24N2O. The van der Waals surface area contributed by atoms with Crippen LogP contribution in [-0.2, 0) is 13.0 Å². The molecule has 1 aliphatic rings. The van der Waals surface area contributed by atoms with E-state index in [1.54, 1.807) is 0 Å². The lowest BCUT2D eigenvalue weighted by Gasteiger charge is -2.13. The highest BCUT2D eigenvalue weighted by Crippen LogP contribution is 2.29. The van der Waals surface area contributed by atoms with Crippen LogP contribution in [0.3, 0.4) is 0 Å². The number of unbranched alkanes of at least 4 members (excludes halogenated alkanes) is 1. The molecular weight excluding hydrogens is 212 g/mol. The first-order valence-electron chi connectivity index (χ1n) is 6.82. The van der Waals surface area contributed by atoms with Gasteiger partial charge in [0.05, 0.1) is 0 Å². The van der Waals surface area contributed by atoms with Crippen LogP contribution in [0.15, 0.2) is 12.4 Å². The van der Waals surface area contributed by atoms with Crippen LogP contribution in [0.1, 0.15) is 49.3 Å². The lowest BCUT2D eigenvalue weighted by Crippen LogP contribution is -2.15. The van der Waals surface area contributed by atoms with Crippen LogP contribution in [-0.4, -0.2) is 23.3 Å². The van der Waals surface area contributed by atoms with Gasteiger partial charge in [0.15, 0.2) is 0 Å². The van der Waals surface area contributed by atoms with Gasteiger partial charge in [-0.15, -0.1) is 0 Å². The molecule has 1 aliphatic carbocycles. The topological polar surface area (TPSA) is 37.2 Å². The van der Waals surface area contributed by atoms with E-state index < -0.39 is 0 Å². The van der Waals surface area contributed by atoms with Gasteiger partial charge >= 0.3 is 0 Å². The summed E-state index contributed by atoms with van der Waals surface area (Å²) in [6.07, 6.45) is 11.7. The number of hydrogen-bond donors (Lipinski definition) is 2. The molecule has 1 heterocycles. The van der Waals surface area contributed by atoms with Gasteiger partial charge in [-0.1, -0.05) is 6.42 Å². The number of fused-ring (bicyclic) bond motifs is 1. The molecule has 0 saturated carbocycles. The van der Waals surface area contributed by atoms with Gasteiger partial charge in [0.25, 0.3) is 0 Å². The third-order valence-corrected chi connectivity index (χ3v) is 3.73. The summed E-state index contributed by atoms with van der Waals surface area (Å²) in [7, 11) is 2.06. The molecule has 0 fully saturated rings. The maximum Gasteiger partial charge on any atom is 0.0431 e. The number of nitrogens with one attached hydrogen (secondary N) is 1. The Morgan fingerprint density at radius 1 is 1.35 bits per heavy atom. The molecule has 0 bridgehead atoms. The van der Waals surface area contributed by atoms with Gasteiger partial charge in [0.2, 0.25) is 0 Å². The standard InChI is InChI=1S/C14H24N2O/c1-15-14-7-3-2-6-12-10-16(11-13(12)14)8-4-5-9-17/h10-11,14-15,17H,2-9H2,1H3. The molecule has 0 spiro atoms. The summed E-state index contributed by atoms with van der Waals surface area (Å²) >= 11 is 0. The first kappa shape index (κ1) is 12.7. The zero-order valence-corrected chi connectivity index (χ0v) is 10.8. The van der Waals surface area contributed by atoms with Crippen molar-refractivity contribution < 1.29 is 5.11 Å². The van der Waals surface area contributed by atoms with Gasteiger partial charge in [0, 0.05) is 31.6 Å². The zero-order chi connectivity index (χ0) is 12.1. The van der Waals surface area contributed by atoms with E-state index in [4.69, 9.17) is 5.11 Å². The van der Waals surface area contributed by atoms with Crippen molar-refractivity contribution in [3.05, 3.63) is 23.5 Å². The zero-order valence-electron chi connectivity index (χ0n) is 10.8. The number of aromatic nitrogens is 1. The second-order valence-corrected chi connectivity index (χ2v) is 4.99. The van der Waals surface area contributed by atoms with Crippen LogP contribution in [0.25, 0.3) is 0 Å². The van der Waals surface area contributed by atoms with E-state index in [1.807, 2.05) is 0 Å². The van der Waals surface area contributed by atoms with Gasteiger partial charge in [0.1, 0.15) is 0 Å². The number of rotatable bonds is 5. The molecule has 1 unspecified atom stereocenters. The van der Waals surface area contributed by atoms with E-state index in [2.05, 4.69) is 29.3 Å². The Kier molecular flexibility index (Phi) is 4.63. The van der Waals surface area contributed by atoms with Crippen molar-refractivity contribution in [3.8, 4) is 0 Å². The lowest BCUT2D eigenvalue weighted by molar-refractivity contribution is 0.281. The van der Waals surface area contributed by atoms with Crippen LogP contribution < -0.4 is 5.32 Å². The summed E-state index contributed by atoms with van der Waals surface area (Å²) in [6.45, 7) is 1.34. The quantitative estimate of drug-likeness (QED) is 0.608. The van der Waals surface area contributed by atoms with Crippen molar-refractivity contribution in [1.29, 1.82) is 0 Å².